The van der Waals surface area contributed by atoms with Gasteiger partial charge in [0, 0.05) is 6.07 Å². The molecule has 0 aliphatic heterocycles. The molecule has 2 rings (SSSR count). The normalized spacial score (nSPS) is 14.7. The van der Waals surface area contributed by atoms with Crippen LogP contribution in [0, 0.1) is 11.7 Å². The molecule has 1 saturated carbocycles. The molecule has 18 heavy (non-hydrogen) atoms. The third kappa shape index (κ3) is 2.63. The molecule has 0 atom stereocenters. The van der Waals surface area contributed by atoms with Crippen LogP contribution in [0.4, 0.5) is 4.39 Å². The van der Waals surface area contributed by atoms with Gasteiger partial charge in [-0.05, 0) is 30.4 Å². The van der Waals surface area contributed by atoms with Crippen LogP contribution in [0.1, 0.15) is 38.2 Å². The van der Waals surface area contributed by atoms with Crippen LogP contribution in [0.5, 0.6) is 11.5 Å². The standard InChI is InChI=1S/C14H17FO3/c1-8(2)10-6-13(12(17-3)7-11(10)15)18-14(16)9-4-5-9/h6-9H,4-5H2,1-3H3. The first-order chi connectivity index (χ1) is 8.52. The lowest BCUT2D eigenvalue weighted by Crippen LogP contribution is -2.11. The van der Waals surface area contributed by atoms with Gasteiger partial charge in [0.15, 0.2) is 11.5 Å². The molecule has 3 nitrogen and oxygen atoms in total. The number of carbonyl (C=O) groups is 1. The smallest absolute Gasteiger partial charge is 0.314 e. The number of methoxy groups -OCH3 is 1. The van der Waals surface area contributed by atoms with E-state index in [0.29, 0.717) is 11.3 Å². The molecule has 1 aliphatic rings. The highest BCUT2D eigenvalue weighted by Gasteiger charge is 2.32. The van der Waals surface area contributed by atoms with E-state index in [1.807, 2.05) is 13.8 Å². The summed E-state index contributed by atoms with van der Waals surface area (Å²) in [5, 5.41) is 0. The van der Waals surface area contributed by atoms with Crippen LogP contribution in [0.25, 0.3) is 0 Å². The molecule has 1 fully saturated rings. The Bertz CT molecular complexity index is 464. The molecule has 98 valence electrons. The summed E-state index contributed by atoms with van der Waals surface area (Å²) in [5.41, 5.74) is 0.523. The van der Waals surface area contributed by atoms with Gasteiger partial charge in [0.25, 0.3) is 0 Å². The van der Waals surface area contributed by atoms with Crippen molar-refractivity contribution in [2.45, 2.75) is 32.6 Å². The Hall–Kier alpha value is -1.58. The third-order valence-corrected chi connectivity index (χ3v) is 3.03. The van der Waals surface area contributed by atoms with Crippen molar-refractivity contribution in [2.75, 3.05) is 7.11 Å². The molecule has 0 spiro atoms. The second-order valence-corrected chi connectivity index (χ2v) is 4.87. The molecule has 0 unspecified atom stereocenters. The predicted molar refractivity (Wildman–Crippen MR) is 65.4 cm³/mol. The van der Waals surface area contributed by atoms with Gasteiger partial charge in [-0.25, -0.2) is 4.39 Å². The van der Waals surface area contributed by atoms with Crippen molar-refractivity contribution in [3.8, 4) is 11.5 Å². The van der Waals surface area contributed by atoms with Crippen LogP contribution in [0.2, 0.25) is 0 Å². The van der Waals surface area contributed by atoms with Gasteiger partial charge in [-0.1, -0.05) is 13.8 Å². The number of rotatable bonds is 4. The van der Waals surface area contributed by atoms with Gasteiger partial charge in [-0.2, -0.15) is 0 Å². The molecule has 0 radical (unpaired) electrons. The zero-order chi connectivity index (χ0) is 13.3. The Labute approximate surface area is 106 Å². The minimum Gasteiger partial charge on any atom is -0.493 e. The van der Waals surface area contributed by atoms with Gasteiger partial charge in [-0.15, -0.1) is 0 Å². The van der Waals surface area contributed by atoms with Crippen molar-refractivity contribution in [1.29, 1.82) is 0 Å². The highest BCUT2D eigenvalue weighted by Crippen LogP contribution is 2.36. The predicted octanol–water partition coefficient (Wildman–Crippen LogP) is 3.27. The maximum Gasteiger partial charge on any atom is 0.314 e. The number of esters is 1. The van der Waals surface area contributed by atoms with Gasteiger partial charge in [0.05, 0.1) is 13.0 Å². The summed E-state index contributed by atoms with van der Waals surface area (Å²) in [6.07, 6.45) is 1.75. The van der Waals surface area contributed by atoms with Gasteiger partial charge in [0.1, 0.15) is 5.82 Å². The zero-order valence-corrected chi connectivity index (χ0v) is 10.8. The number of ether oxygens (including phenoxy) is 2. The van der Waals surface area contributed by atoms with Gasteiger partial charge in [-0.3, -0.25) is 4.79 Å². The van der Waals surface area contributed by atoms with E-state index in [1.54, 1.807) is 6.07 Å². The van der Waals surface area contributed by atoms with Gasteiger partial charge in [0.2, 0.25) is 0 Å². The van der Waals surface area contributed by atoms with Crippen LogP contribution in [0.3, 0.4) is 0 Å². The molecular weight excluding hydrogens is 235 g/mol. The first-order valence-corrected chi connectivity index (χ1v) is 6.12. The lowest BCUT2D eigenvalue weighted by Gasteiger charge is -2.13. The number of hydrogen-bond donors (Lipinski definition) is 0. The molecule has 1 aromatic carbocycles. The maximum atomic E-state index is 13.8. The zero-order valence-electron chi connectivity index (χ0n) is 10.8. The SMILES string of the molecule is COc1cc(F)c(C(C)C)cc1OC(=O)C1CC1. The minimum atomic E-state index is -0.340. The van der Waals surface area contributed by atoms with Crippen LogP contribution in [-0.2, 0) is 4.79 Å². The molecule has 0 N–H and O–H groups in total. The van der Waals surface area contributed by atoms with E-state index in [1.165, 1.54) is 13.2 Å². The molecule has 4 heteroatoms. The molecule has 0 aromatic heterocycles. The summed E-state index contributed by atoms with van der Waals surface area (Å²) in [6.45, 7) is 3.77. The minimum absolute atomic E-state index is 0.00209. The first kappa shape index (κ1) is 12.9. The maximum absolute atomic E-state index is 13.8. The molecule has 0 amide bonds. The molecule has 1 aromatic rings. The number of carbonyl (C=O) groups excluding carboxylic acids is 1. The van der Waals surface area contributed by atoms with E-state index in [2.05, 4.69) is 0 Å². The second kappa shape index (κ2) is 4.96. The summed E-state index contributed by atoms with van der Waals surface area (Å²) in [7, 11) is 1.43. The summed E-state index contributed by atoms with van der Waals surface area (Å²) >= 11 is 0. The monoisotopic (exact) mass is 252 g/mol. The van der Waals surface area contributed by atoms with E-state index in [-0.39, 0.29) is 29.4 Å². The summed E-state index contributed by atoms with van der Waals surface area (Å²) in [5.74, 6) is -0.00960. The highest BCUT2D eigenvalue weighted by molar-refractivity contribution is 5.78. The average molecular weight is 252 g/mol. The van der Waals surface area contributed by atoms with Gasteiger partial charge < -0.3 is 9.47 Å². The largest absolute Gasteiger partial charge is 0.493 e. The number of halogens is 1. The van der Waals surface area contributed by atoms with Crippen molar-refractivity contribution in [2.24, 2.45) is 5.92 Å². The van der Waals surface area contributed by atoms with E-state index in [4.69, 9.17) is 9.47 Å². The molecule has 0 bridgehead atoms. The van der Waals surface area contributed by atoms with Crippen LogP contribution >= 0.6 is 0 Å². The Morgan fingerprint density at radius 3 is 2.50 bits per heavy atom. The van der Waals surface area contributed by atoms with Crippen molar-refractivity contribution in [3.05, 3.63) is 23.5 Å². The van der Waals surface area contributed by atoms with E-state index in [0.717, 1.165) is 12.8 Å². The highest BCUT2D eigenvalue weighted by atomic mass is 19.1. The molecule has 1 aliphatic carbocycles. The van der Waals surface area contributed by atoms with Crippen LogP contribution in [0.15, 0.2) is 12.1 Å². The average Bonchev–Trinajstić information content (AvgIpc) is 3.14. The van der Waals surface area contributed by atoms with Gasteiger partial charge >= 0.3 is 5.97 Å². The Kier molecular flexibility index (Phi) is 3.55. The molecule has 0 saturated heterocycles. The summed E-state index contributed by atoms with van der Waals surface area (Å²) in [4.78, 5) is 11.6. The first-order valence-electron chi connectivity index (χ1n) is 6.12. The van der Waals surface area contributed by atoms with Crippen molar-refractivity contribution in [3.63, 3.8) is 0 Å². The van der Waals surface area contributed by atoms with E-state index < -0.39 is 0 Å². The lowest BCUT2D eigenvalue weighted by molar-refractivity contribution is -0.135. The number of benzene rings is 1. The molecular formula is C14H17FO3. The topological polar surface area (TPSA) is 35.5 Å². The third-order valence-electron chi connectivity index (χ3n) is 3.03. The Balaban J connectivity index is 2.30. The van der Waals surface area contributed by atoms with Crippen LogP contribution in [-0.4, -0.2) is 13.1 Å². The molecule has 0 heterocycles. The second-order valence-electron chi connectivity index (χ2n) is 4.87. The Morgan fingerprint density at radius 1 is 1.33 bits per heavy atom. The van der Waals surface area contributed by atoms with Crippen molar-refractivity contribution >= 4 is 5.97 Å². The fourth-order valence-electron chi connectivity index (χ4n) is 1.74. The fourth-order valence-corrected chi connectivity index (χ4v) is 1.74. The van der Waals surface area contributed by atoms with Crippen LogP contribution < -0.4 is 9.47 Å². The van der Waals surface area contributed by atoms with Crippen molar-refractivity contribution in [1.82, 2.24) is 0 Å². The fraction of sp³-hybridized carbons (Fsp3) is 0.500. The van der Waals surface area contributed by atoms with Crippen molar-refractivity contribution < 1.29 is 18.7 Å². The lowest BCUT2D eigenvalue weighted by atomic mass is 10.0. The van der Waals surface area contributed by atoms with E-state index >= 15 is 0 Å². The summed E-state index contributed by atoms with van der Waals surface area (Å²) < 4.78 is 24.1. The number of hydrogen-bond acceptors (Lipinski definition) is 3. The van der Waals surface area contributed by atoms with E-state index in [9.17, 15) is 9.18 Å². The summed E-state index contributed by atoms with van der Waals surface area (Å²) in [6, 6.07) is 2.82. The Morgan fingerprint density at radius 2 is 2.00 bits per heavy atom. The quantitative estimate of drug-likeness (QED) is 0.609.